The van der Waals surface area contributed by atoms with Crippen LogP contribution in [0.2, 0.25) is 0 Å². The van der Waals surface area contributed by atoms with Gasteiger partial charge in [-0.2, -0.15) is 0 Å². The molecule has 2 aliphatic rings. The van der Waals surface area contributed by atoms with Gasteiger partial charge in [0, 0.05) is 27.8 Å². The van der Waals surface area contributed by atoms with Crippen molar-refractivity contribution in [1.82, 2.24) is 4.90 Å². The molecular weight excluding hydrogens is 445 g/mol. The van der Waals surface area contributed by atoms with Crippen LogP contribution >= 0.6 is 22.6 Å². The third kappa shape index (κ3) is 2.69. The maximum absolute atomic E-state index is 12.2. The maximum atomic E-state index is 12.2. The van der Waals surface area contributed by atoms with Gasteiger partial charge in [-0.25, -0.2) is 0 Å². The molecule has 0 bridgehead atoms. The van der Waals surface area contributed by atoms with E-state index in [9.17, 15) is 9.70 Å². The van der Waals surface area contributed by atoms with Crippen molar-refractivity contribution in [2.24, 2.45) is 5.18 Å². The van der Waals surface area contributed by atoms with Crippen LogP contribution in [-0.2, 0) is 17.8 Å². The second kappa shape index (κ2) is 6.62. The van der Waals surface area contributed by atoms with E-state index >= 15 is 0 Å². The van der Waals surface area contributed by atoms with Crippen LogP contribution in [0.15, 0.2) is 29.4 Å². The van der Waals surface area contributed by atoms with Gasteiger partial charge in [0.2, 0.25) is 0 Å². The number of halogens is 1. The largest absolute Gasteiger partial charge is 0.496 e. The average Bonchev–Trinajstić information content (AvgIpc) is 2.96. The Morgan fingerprint density at radius 2 is 2.08 bits per heavy atom. The maximum Gasteiger partial charge on any atom is 0.257 e. The number of nitrogens with zero attached hydrogens (tertiary/aromatic N) is 2. The Morgan fingerprint density at radius 1 is 1.27 bits per heavy atom. The topological polar surface area (TPSA) is 71.0 Å². The zero-order valence-electron chi connectivity index (χ0n) is 14.5. The van der Waals surface area contributed by atoms with Crippen LogP contribution in [0.5, 0.6) is 5.75 Å². The van der Waals surface area contributed by atoms with E-state index in [2.05, 4.69) is 51.1 Å². The summed E-state index contributed by atoms with van der Waals surface area (Å²) in [5.74, 6) is 0.427. The molecule has 26 heavy (non-hydrogen) atoms. The highest BCUT2D eigenvalue weighted by Gasteiger charge is 2.37. The Hall–Kier alpha value is -2.00. The number of amides is 1. The van der Waals surface area contributed by atoms with E-state index in [4.69, 9.17) is 4.74 Å². The first kappa shape index (κ1) is 17.4. The minimum atomic E-state index is -0.991. The fraction of sp³-hybridized carbons (Fsp3) is 0.316. The minimum Gasteiger partial charge on any atom is -0.496 e. The summed E-state index contributed by atoms with van der Waals surface area (Å²) in [7, 11) is 3.71. The number of rotatable bonds is 3. The summed E-state index contributed by atoms with van der Waals surface area (Å²) >= 11 is 2.28. The van der Waals surface area contributed by atoms with Gasteiger partial charge in [0.25, 0.3) is 5.91 Å². The van der Waals surface area contributed by atoms with Gasteiger partial charge in [-0.05, 0) is 77.0 Å². The predicted octanol–water partition coefficient (Wildman–Crippen LogP) is 3.71. The zero-order valence-corrected chi connectivity index (χ0v) is 16.7. The monoisotopic (exact) mass is 463 g/mol. The van der Waals surface area contributed by atoms with Gasteiger partial charge in [-0.1, -0.05) is 5.18 Å². The minimum absolute atomic E-state index is 0.350. The van der Waals surface area contributed by atoms with Crippen molar-refractivity contribution in [3.63, 3.8) is 0 Å². The molecular formula is C19H18IN3O3. The number of benzene rings is 2. The van der Waals surface area contributed by atoms with Gasteiger partial charge in [0.15, 0.2) is 6.04 Å². The smallest absolute Gasteiger partial charge is 0.257 e. The van der Waals surface area contributed by atoms with Gasteiger partial charge in [0.05, 0.1) is 12.8 Å². The standard InChI is InChI=1S/C19H18IN3O3/c1-23-6-5-11-12(13-7-10(20)3-4-16(13)26-2)8-14-17(15(11)9-23)21-19(24)18(14)22-25/h3-4,7-8,18H,5-6,9H2,1-2H3,(H,21,24). The van der Waals surface area contributed by atoms with Crippen LogP contribution < -0.4 is 10.1 Å². The Labute approximate surface area is 165 Å². The van der Waals surface area contributed by atoms with Gasteiger partial charge < -0.3 is 15.0 Å². The Bertz CT molecular complexity index is 929. The SMILES string of the molecule is COc1ccc(I)cc1-c1cc2c(c3c1CCN(C)C3)NC(=O)C2N=O. The van der Waals surface area contributed by atoms with Crippen molar-refractivity contribution in [1.29, 1.82) is 0 Å². The van der Waals surface area contributed by atoms with Crippen molar-refractivity contribution in [3.05, 3.63) is 49.4 Å². The zero-order chi connectivity index (χ0) is 18.4. The molecule has 1 amide bonds. The quantitative estimate of drug-likeness (QED) is 0.557. The second-order valence-corrected chi connectivity index (χ2v) is 7.92. The molecule has 0 saturated carbocycles. The Morgan fingerprint density at radius 3 is 2.81 bits per heavy atom. The molecule has 0 fully saturated rings. The van der Waals surface area contributed by atoms with E-state index in [0.717, 1.165) is 51.2 Å². The second-order valence-electron chi connectivity index (χ2n) is 6.68. The first-order valence-corrected chi connectivity index (χ1v) is 9.45. The molecule has 2 aromatic carbocycles. The first-order chi connectivity index (χ1) is 12.5. The van der Waals surface area contributed by atoms with Crippen LogP contribution in [0.25, 0.3) is 11.1 Å². The van der Waals surface area contributed by atoms with Crippen LogP contribution in [0.1, 0.15) is 22.7 Å². The summed E-state index contributed by atoms with van der Waals surface area (Å²) in [6, 6.07) is 6.97. The summed E-state index contributed by atoms with van der Waals surface area (Å²) in [5.41, 5.74) is 5.70. The number of fused-ring (bicyclic) bond motifs is 3. The molecule has 6 nitrogen and oxygen atoms in total. The molecule has 7 heteroatoms. The number of nitroso groups, excluding NO2 is 1. The number of hydrogen-bond acceptors (Lipinski definition) is 5. The molecule has 0 aromatic heterocycles. The molecule has 0 aliphatic carbocycles. The summed E-state index contributed by atoms with van der Waals surface area (Å²) in [6.07, 6.45) is 0.873. The van der Waals surface area contributed by atoms with Crippen molar-refractivity contribution >= 4 is 34.2 Å². The molecule has 2 heterocycles. The van der Waals surface area contributed by atoms with Gasteiger partial charge in [-0.15, -0.1) is 4.91 Å². The molecule has 0 saturated heterocycles. The van der Waals surface area contributed by atoms with Crippen LogP contribution in [0, 0.1) is 8.48 Å². The van der Waals surface area contributed by atoms with Crippen molar-refractivity contribution < 1.29 is 9.53 Å². The van der Waals surface area contributed by atoms with Crippen LogP contribution in [0.4, 0.5) is 5.69 Å². The molecule has 0 radical (unpaired) electrons. The van der Waals surface area contributed by atoms with Crippen molar-refractivity contribution in [2.75, 3.05) is 26.0 Å². The summed E-state index contributed by atoms with van der Waals surface area (Å²) < 4.78 is 6.68. The molecule has 134 valence electrons. The Balaban J connectivity index is 2.01. The average molecular weight is 463 g/mol. The first-order valence-electron chi connectivity index (χ1n) is 8.38. The van der Waals surface area contributed by atoms with Gasteiger partial charge in [-0.3, -0.25) is 4.79 Å². The highest BCUT2D eigenvalue weighted by molar-refractivity contribution is 14.1. The third-order valence-electron chi connectivity index (χ3n) is 5.10. The lowest BCUT2D eigenvalue weighted by molar-refractivity contribution is -0.116. The van der Waals surface area contributed by atoms with E-state index in [1.165, 1.54) is 5.56 Å². The van der Waals surface area contributed by atoms with E-state index in [0.29, 0.717) is 5.56 Å². The fourth-order valence-corrected chi connectivity index (χ4v) is 4.34. The van der Waals surface area contributed by atoms with E-state index in [1.54, 1.807) is 7.11 Å². The lowest BCUT2D eigenvalue weighted by Crippen LogP contribution is -2.28. The summed E-state index contributed by atoms with van der Waals surface area (Å²) in [6.45, 7) is 1.66. The van der Waals surface area contributed by atoms with E-state index in [-0.39, 0.29) is 5.91 Å². The van der Waals surface area contributed by atoms with Crippen LogP contribution in [0.3, 0.4) is 0 Å². The van der Waals surface area contributed by atoms with Gasteiger partial charge >= 0.3 is 0 Å². The molecule has 1 atom stereocenters. The molecule has 1 N–H and O–H groups in total. The molecule has 4 rings (SSSR count). The van der Waals surface area contributed by atoms with Crippen molar-refractivity contribution in [3.8, 4) is 16.9 Å². The number of likely N-dealkylation sites (N-methyl/N-ethyl adjacent to an activating group) is 1. The summed E-state index contributed by atoms with van der Waals surface area (Å²) in [4.78, 5) is 25.7. The summed E-state index contributed by atoms with van der Waals surface area (Å²) in [5, 5.41) is 5.94. The van der Waals surface area contributed by atoms with Crippen LogP contribution in [-0.4, -0.2) is 31.5 Å². The molecule has 0 spiro atoms. The third-order valence-corrected chi connectivity index (χ3v) is 5.77. The Kier molecular flexibility index (Phi) is 4.44. The molecule has 2 aromatic rings. The lowest BCUT2D eigenvalue weighted by atomic mass is 9.86. The van der Waals surface area contributed by atoms with Crippen molar-refractivity contribution in [2.45, 2.75) is 19.0 Å². The fourth-order valence-electron chi connectivity index (χ4n) is 3.85. The highest BCUT2D eigenvalue weighted by atomic mass is 127. The normalized spacial score (nSPS) is 18.9. The molecule has 1 unspecified atom stereocenters. The number of anilines is 1. The van der Waals surface area contributed by atoms with Gasteiger partial charge in [0.1, 0.15) is 5.75 Å². The number of nitrogens with one attached hydrogen (secondary N) is 1. The number of methoxy groups -OCH3 is 1. The van der Waals surface area contributed by atoms with E-state index in [1.807, 2.05) is 18.2 Å². The molecule has 2 aliphatic heterocycles. The number of hydrogen-bond donors (Lipinski definition) is 1. The number of carbonyl (C=O) groups is 1. The lowest BCUT2D eigenvalue weighted by Gasteiger charge is -2.29. The highest BCUT2D eigenvalue weighted by Crippen LogP contribution is 2.45. The number of ether oxygens (including phenoxy) is 1. The number of carbonyl (C=O) groups excluding carboxylic acids is 1. The predicted molar refractivity (Wildman–Crippen MR) is 108 cm³/mol. The van der Waals surface area contributed by atoms with E-state index < -0.39 is 6.04 Å².